The number of fused-ring (bicyclic) bond motifs is 9. The van der Waals surface area contributed by atoms with Crippen LogP contribution in [0.5, 0.6) is 0 Å². The quantitative estimate of drug-likeness (QED) is 0.171. The Morgan fingerprint density at radius 3 is 1.71 bits per heavy atom. The third kappa shape index (κ3) is 4.22. The van der Waals surface area contributed by atoms with Crippen LogP contribution in [0.25, 0.3) is 54.9 Å². The lowest BCUT2D eigenvalue weighted by Crippen LogP contribution is -2.18. The zero-order valence-electron chi connectivity index (χ0n) is 29.5. The monoisotopic (exact) mass is 653 g/mol. The first kappa shape index (κ1) is 29.9. The van der Waals surface area contributed by atoms with Gasteiger partial charge in [0.2, 0.25) is 0 Å². The highest BCUT2D eigenvalue weighted by Crippen LogP contribution is 2.55. The molecule has 0 saturated heterocycles. The Balaban J connectivity index is 1.26. The van der Waals surface area contributed by atoms with Crippen molar-refractivity contribution in [2.24, 2.45) is 0 Å². The van der Waals surface area contributed by atoms with E-state index in [0.29, 0.717) is 0 Å². The van der Waals surface area contributed by atoms with E-state index in [4.69, 9.17) is 0 Å². The van der Waals surface area contributed by atoms with E-state index in [2.05, 4.69) is 196 Å². The van der Waals surface area contributed by atoms with E-state index in [1.807, 2.05) is 0 Å². The van der Waals surface area contributed by atoms with Crippen LogP contribution in [-0.2, 0) is 10.8 Å². The standard InChI is InChI=1S/C50H39N/c1-49(2)43-23-10-7-17-36(43)38-30-28-33(31-45(38)49)51(47-26-14-20-35-34-16-6-5-15-32(34)27-29-40(35)47)46-25-12-9-19-39(46)42-22-13-21-41-37-18-8-11-24-44(37)50(3,4)48(41)42/h5-31H,1-4H3. The second-order valence-corrected chi connectivity index (χ2v) is 15.3. The van der Waals surface area contributed by atoms with Crippen molar-refractivity contribution in [3.63, 3.8) is 0 Å². The Morgan fingerprint density at radius 2 is 0.902 bits per heavy atom. The summed E-state index contributed by atoms with van der Waals surface area (Å²) in [7, 11) is 0. The molecule has 244 valence electrons. The molecule has 0 radical (unpaired) electrons. The van der Waals surface area contributed by atoms with Crippen molar-refractivity contribution in [3.8, 4) is 33.4 Å². The van der Waals surface area contributed by atoms with Gasteiger partial charge in [0.25, 0.3) is 0 Å². The molecule has 0 aliphatic heterocycles. The summed E-state index contributed by atoms with van der Waals surface area (Å²) in [6, 6.07) is 61.1. The van der Waals surface area contributed by atoms with Gasteiger partial charge >= 0.3 is 0 Å². The van der Waals surface area contributed by atoms with Crippen LogP contribution >= 0.6 is 0 Å². The fourth-order valence-corrected chi connectivity index (χ4v) is 9.43. The van der Waals surface area contributed by atoms with E-state index < -0.39 is 0 Å². The van der Waals surface area contributed by atoms with Gasteiger partial charge in [0.05, 0.1) is 11.4 Å². The Labute approximate surface area is 300 Å². The van der Waals surface area contributed by atoms with Gasteiger partial charge < -0.3 is 4.90 Å². The summed E-state index contributed by atoms with van der Waals surface area (Å²) >= 11 is 0. The lowest BCUT2D eigenvalue weighted by Gasteiger charge is -2.32. The van der Waals surface area contributed by atoms with Crippen LogP contribution in [-0.4, -0.2) is 0 Å². The molecule has 0 aromatic heterocycles. The van der Waals surface area contributed by atoms with Crippen molar-refractivity contribution in [3.05, 3.63) is 186 Å². The molecule has 0 heterocycles. The molecule has 2 aliphatic carbocycles. The summed E-state index contributed by atoms with van der Waals surface area (Å²) in [5.41, 5.74) is 16.7. The molecule has 0 unspecified atom stereocenters. The average molecular weight is 654 g/mol. The number of para-hydroxylation sites is 1. The maximum atomic E-state index is 2.53. The third-order valence-corrected chi connectivity index (χ3v) is 11.8. The molecule has 51 heavy (non-hydrogen) atoms. The summed E-state index contributed by atoms with van der Waals surface area (Å²) < 4.78 is 0. The number of nitrogens with zero attached hydrogens (tertiary/aromatic N) is 1. The molecular formula is C50H39N. The maximum absolute atomic E-state index is 2.53. The lowest BCUT2D eigenvalue weighted by molar-refractivity contribution is 0.660. The molecule has 0 saturated carbocycles. The highest BCUT2D eigenvalue weighted by atomic mass is 15.1. The predicted molar refractivity (Wildman–Crippen MR) is 217 cm³/mol. The van der Waals surface area contributed by atoms with Crippen molar-refractivity contribution in [1.82, 2.24) is 0 Å². The minimum absolute atomic E-state index is 0.113. The number of hydrogen-bond acceptors (Lipinski definition) is 1. The van der Waals surface area contributed by atoms with Gasteiger partial charge in [0.1, 0.15) is 0 Å². The highest BCUT2D eigenvalue weighted by Gasteiger charge is 2.39. The molecule has 1 heteroatoms. The molecule has 1 nitrogen and oxygen atoms in total. The summed E-state index contributed by atoms with van der Waals surface area (Å²) in [6.45, 7) is 9.52. The summed E-state index contributed by atoms with van der Waals surface area (Å²) in [6.07, 6.45) is 0. The van der Waals surface area contributed by atoms with Crippen LogP contribution in [0.2, 0.25) is 0 Å². The van der Waals surface area contributed by atoms with Crippen LogP contribution in [0.1, 0.15) is 49.9 Å². The van der Waals surface area contributed by atoms with Gasteiger partial charge in [-0.3, -0.25) is 0 Å². The van der Waals surface area contributed by atoms with E-state index in [1.54, 1.807) is 0 Å². The van der Waals surface area contributed by atoms with Crippen molar-refractivity contribution in [2.75, 3.05) is 4.90 Å². The van der Waals surface area contributed by atoms with Gasteiger partial charge in [0.15, 0.2) is 0 Å². The first-order chi connectivity index (χ1) is 24.8. The zero-order chi connectivity index (χ0) is 34.5. The first-order valence-electron chi connectivity index (χ1n) is 18.1. The van der Waals surface area contributed by atoms with E-state index >= 15 is 0 Å². The fourth-order valence-electron chi connectivity index (χ4n) is 9.43. The topological polar surface area (TPSA) is 3.24 Å². The molecule has 0 amide bonds. The van der Waals surface area contributed by atoms with Crippen molar-refractivity contribution >= 4 is 38.6 Å². The van der Waals surface area contributed by atoms with Crippen molar-refractivity contribution < 1.29 is 0 Å². The molecule has 8 aromatic rings. The van der Waals surface area contributed by atoms with Crippen molar-refractivity contribution in [1.29, 1.82) is 0 Å². The minimum atomic E-state index is -0.137. The largest absolute Gasteiger partial charge is 0.309 e. The molecule has 10 rings (SSSR count). The summed E-state index contributed by atoms with van der Waals surface area (Å²) in [5, 5.41) is 5.03. The number of anilines is 3. The van der Waals surface area contributed by atoms with E-state index in [0.717, 1.165) is 5.69 Å². The fraction of sp³-hybridized carbons (Fsp3) is 0.120. The van der Waals surface area contributed by atoms with Crippen LogP contribution < -0.4 is 4.90 Å². The first-order valence-corrected chi connectivity index (χ1v) is 18.1. The number of benzene rings is 8. The molecule has 0 fully saturated rings. The molecule has 2 aliphatic rings. The van der Waals surface area contributed by atoms with E-state index in [-0.39, 0.29) is 10.8 Å². The Bertz CT molecular complexity index is 2710. The average Bonchev–Trinajstić information content (AvgIpc) is 3.55. The third-order valence-electron chi connectivity index (χ3n) is 11.8. The minimum Gasteiger partial charge on any atom is -0.309 e. The number of rotatable bonds is 4. The molecule has 8 aromatic carbocycles. The molecular weight excluding hydrogens is 615 g/mol. The zero-order valence-corrected chi connectivity index (χ0v) is 29.5. The Kier molecular flexibility index (Phi) is 6.34. The lowest BCUT2D eigenvalue weighted by atomic mass is 9.78. The normalized spacial score (nSPS) is 14.6. The van der Waals surface area contributed by atoms with Crippen LogP contribution in [0.3, 0.4) is 0 Å². The molecule has 0 bridgehead atoms. The maximum Gasteiger partial charge on any atom is 0.0540 e. The molecule has 0 spiro atoms. The van der Waals surface area contributed by atoms with Gasteiger partial charge in [-0.25, -0.2) is 0 Å². The number of hydrogen-bond donors (Lipinski definition) is 0. The van der Waals surface area contributed by atoms with Crippen LogP contribution in [0, 0.1) is 0 Å². The van der Waals surface area contributed by atoms with E-state index in [1.165, 1.54) is 88.6 Å². The Hall–Kier alpha value is -5.92. The molecule has 0 N–H and O–H groups in total. The van der Waals surface area contributed by atoms with Crippen molar-refractivity contribution in [2.45, 2.75) is 38.5 Å². The highest BCUT2D eigenvalue weighted by molar-refractivity contribution is 6.13. The van der Waals surface area contributed by atoms with Crippen LogP contribution in [0.15, 0.2) is 164 Å². The van der Waals surface area contributed by atoms with Gasteiger partial charge in [0, 0.05) is 27.5 Å². The predicted octanol–water partition coefficient (Wildman–Crippen LogP) is 13.7. The SMILES string of the molecule is CC1(C)c2ccccc2-c2ccc(N(c3ccccc3-c3cccc4c3C(C)(C)c3ccccc3-4)c3cccc4c3ccc3ccccc34)cc21. The smallest absolute Gasteiger partial charge is 0.0540 e. The second kappa shape index (κ2) is 10.8. The van der Waals surface area contributed by atoms with Gasteiger partial charge in [-0.1, -0.05) is 167 Å². The van der Waals surface area contributed by atoms with E-state index in [9.17, 15) is 0 Å². The molecule has 0 atom stereocenters. The summed E-state index contributed by atoms with van der Waals surface area (Å²) in [5.74, 6) is 0. The van der Waals surface area contributed by atoms with Gasteiger partial charge in [-0.2, -0.15) is 0 Å². The summed E-state index contributed by atoms with van der Waals surface area (Å²) in [4.78, 5) is 2.53. The van der Waals surface area contributed by atoms with Gasteiger partial charge in [-0.15, -0.1) is 0 Å². The Morgan fingerprint density at radius 1 is 0.353 bits per heavy atom. The van der Waals surface area contributed by atoms with Gasteiger partial charge in [-0.05, 0) is 90.5 Å². The van der Waals surface area contributed by atoms with Crippen LogP contribution in [0.4, 0.5) is 17.1 Å². The second-order valence-electron chi connectivity index (χ2n) is 15.3.